The Labute approximate surface area is 96.9 Å². The van der Waals surface area contributed by atoms with Crippen LogP contribution in [0.3, 0.4) is 0 Å². The van der Waals surface area contributed by atoms with Gasteiger partial charge < -0.3 is 0 Å². The van der Waals surface area contributed by atoms with Gasteiger partial charge in [0.15, 0.2) is 0 Å². The standard InChI is InChI=1S/C16H16/c1-3-7-13(4-2)16-11-10-14-8-5-6-9-15(14)12-16/h3-6,8-13H,1-2,7H2/t13-/m0/s1. The summed E-state index contributed by atoms with van der Waals surface area (Å²) in [6.07, 6.45) is 4.88. The Balaban J connectivity index is 2.45. The lowest BCUT2D eigenvalue weighted by molar-refractivity contribution is 0.869. The van der Waals surface area contributed by atoms with Gasteiger partial charge in [-0.05, 0) is 22.8 Å². The second kappa shape index (κ2) is 4.80. The molecule has 0 bridgehead atoms. The predicted molar refractivity (Wildman–Crippen MR) is 71.7 cm³/mol. The molecule has 16 heavy (non-hydrogen) atoms. The molecule has 0 aliphatic carbocycles. The van der Waals surface area contributed by atoms with Crippen molar-refractivity contribution in [2.24, 2.45) is 0 Å². The Bertz CT molecular complexity index is 508. The van der Waals surface area contributed by atoms with Crippen LogP contribution in [-0.4, -0.2) is 0 Å². The first-order valence-corrected chi connectivity index (χ1v) is 5.57. The molecule has 0 nitrogen and oxygen atoms in total. The fourth-order valence-corrected chi connectivity index (χ4v) is 1.99. The largest absolute Gasteiger partial charge is 0.103 e. The van der Waals surface area contributed by atoms with Crippen molar-refractivity contribution in [2.75, 3.05) is 0 Å². The van der Waals surface area contributed by atoms with Gasteiger partial charge in [0.25, 0.3) is 0 Å². The van der Waals surface area contributed by atoms with Crippen LogP contribution in [-0.2, 0) is 0 Å². The Morgan fingerprint density at radius 1 is 1.00 bits per heavy atom. The smallest absolute Gasteiger partial charge is 0.00499 e. The predicted octanol–water partition coefficient (Wildman–Crippen LogP) is 4.69. The molecule has 2 aromatic carbocycles. The third-order valence-corrected chi connectivity index (χ3v) is 2.91. The van der Waals surface area contributed by atoms with E-state index in [1.54, 1.807) is 0 Å². The maximum Gasteiger partial charge on any atom is 0.00499 e. The third kappa shape index (κ3) is 2.06. The molecule has 0 aliphatic heterocycles. The van der Waals surface area contributed by atoms with Crippen molar-refractivity contribution in [3.05, 3.63) is 73.3 Å². The van der Waals surface area contributed by atoms with E-state index in [0.29, 0.717) is 5.92 Å². The van der Waals surface area contributed by atoms with Crippen LogP contribution in [0, 0.1) is 0 Å². The number of fused-ring (bicyclic) bond motifs is 1. The van der Waals surface area contributed by atoms with Crippen LogP contribution in [0.1, 0.15) is 17.9 Å². The van der Waals surface area contributed by atoms with Crippen LogP contribution in [0.15, 0.2) is 67.8 Å². The molecule has 0 amide bonds. The number of benzene rings is 2. The minimum Gasteiger partial charge on any atom is -0.103 e. The van der Waals surface area contributed by atoms with Gasteiger partial charge in [-0.2, -0.15) is 0 Å². The zero-order valence-corrected chi connectivity index (χ0v) is 9.39. The van der Waals surface area contributed by atoms with Crippen LogP contribution in [0.2, 0.25) is 0 Å². The molecule has 0 N–H and O–H groups in total. The molecular weight excluding hydrogens is 192 g/mol. The molecule has 0 fully saturated rings. The summed E-state index contributed by atoms with van der Waals surface area (Å²) in [5, 5.41) is 2.57. The van der Waals surface area contributed by atoms with Crippen molar-refractivity contribution in [3.8, 4) is 0 Å². The van der Waals surface area contributed by atoms with Crippen LogP contribution >= 0.6 is 0 Å². The highest BCUT2D eigenvalue weighted by Gasteiger charge is 2.05. The zero-order valence-electron chi connectivity index (χ0n) is 9.39. The Hall–Kier alpha value is -1.82. The van der Waals surface area contributed by atoms with Gasteiger partial charge in [0.2, 0.25) is 0 Å². The molecule has 2 rings (SSSR count). The van der Waals surface area contributed by atoms with Crippen molar-refractivity contribution in [3.63, 3.8) is 0 Å². The van der Waals surface area contributed by atoms with Crippen LogP contribution in [0.25, 0.3) is 10.8 Å². The normalized spacial score (nSPS) is 12.2. The minimum absolute atomic E-state index is 0.377. The average molecular weight is 208 g/mol. The van der Waals surface area contributed by atoms with Crippen molar-refractivity contribution < 1.29 is 0 Å². The van der Waals surface area contributed by atoms with Gasteiger partial charge in [-0.15, -0.1) is 13.2 Å². The Morgan fingerprint density at radius 3 is 2.44 bits per heavy atom. The van der Waals surface area contributed by atoms with E-state index >= 15 is 0 Å². The van der Waals surface area contributed by atoms with Crippen LogP contribution < -0.4 is 0 Å². The fraction of sp³-hybridized carbons (Fsp3) is 0.125. The summed E-state index contributed by atoms with van der Waals surface area (Å²) < 4.78 is 0. The molecule has 0 radical (unpaired) electrons. The van der Waals surface area contributed by atoms with Crippen LogP contribution in [0.4, 0.5) is 0 Å². The number of hydrogen-bond acceptors (Lipinski definition) is 0. The third-order valence-electron chi connectivity index (χ3n) is 2.91. The summed E-state index contributed by atoms with van der Waals surface area (Å²) in [5.74, 6) is 0.377. The Morgan fingerprint density at radius 2 is 1.75 bits per heavy atom. The highest BCUT2D eigenvalue weighted by Crippen LogP contribution is 2.25. The molecule has 0 heterocycles. The van der Waals surface area contributed by atoms with E-state index in [4.69, 9.17) is 0 Å². The first-order valence-electron chi connectivity index (χ1n) is 5.57. The van der Waals surface area contributed by atoms with Crippen molar-refractivity contribution >= 4 is 10.8 Å². The van der Waals surface area contributed by atoms with Gasteiger partial charge in [-0.3, -0.25) is 0 Å². The SMILES string of the molecule is C=CC[C@H](C=C)c1ccc2ccccc2c1. The first kappa shape index (κ1) is 10.7. The van der Waals surface area contributed by atoms with Crippen molar-refractivity contribution in [2.45, 2.75) is 12.3 Å². The van der Waals surface area contributed by atoms with Crippen molar-refractivity contribution in [1.82, 2.24) is 0 Å². The second-order valence-electron chi connectivity index (χ2n) is 3.97. The summed E-state index contributed by atoms with van der Waals surface area (Å²) in [4.78, 5) is 0. The van der Waals surface area contributed by atoms with Gasteiger partial charge >= 0.3 is 0 Å². The quantitative estimate of drug-likeness (QED) is 0.640. The van der Waals surface area contributed by atoms with Gasteiger partial charge in [0, 0.05) is 5.92 Å². The average Bonchev–Trinajstić information content (AvgIpc) is 2.35. The molecule has 1 atom stereocenters. The lowest BCUT2D eigenvalue weighted by atomic mass is 9.94. The lowest BCUT2D eigenvalue weighted by Crippen LogP contribution is -1.92. The molecule has 2 aromatic rings. The number of rotatable bonds is 4. The summed E-state index contributed by atoms with van der Waals surface area (Å²) in [5.41, 5.74) is 1.31. The molecule has 0 spiro atoms. The number of allylic oxidation sites excluding steroid dienone is 2. The van der Waals surface area contributed by atoms with Gasteiger partial charge in [-0.25, -0.2) is 0 Å². The van der Waals surface area contributed by atoms with E-state index < -0.39 is 0 Å². The lowest BCUT2D eigenvalue weighted by Gasteiger charge is -2.11. The van der Waals surface area contributed by atoms with Gasteiger partial charge in [0.05, 0.1) is 0 Å². The van der Waals surface area contributed by atoms with E-state index in [0.717, 1.165) is 6.42 Å². The zero-order chi connectivity index (χ0) is 11.4. The highest BCUT2D eigenvalue weighted by atomic mass is 14.1. The molecule has 0 aliphatic rings. The summed E-state index contributed by atoms with van der Waals surface area (Å²) in [6, 6.07) is 15.0. The van der Waals surface area contributed by atoms with Gasteiger partial charge in [0.1, 0.15) is 0 Å². The van der Waals surface area contributed by atoms with E-state index in [1.807, 2.05) is 12.2 Å². The molecule has 80 valence electrons. The molecule has 0 saturated heterocycles. The van der Waals surface area contributed by atoms with E-state index in [9.17, 15) is 0 Å². The monoisotopic (exact) mass is 208 g/mol. The summed E-state index contributed by atoms with van der Waals surface area (Å²) in [6.45, 7) is 7.68. The molecule has 0 aromatic heterocycles. The number of hydrogen-bond donors (Lipinski definition) is 0. The summed E-state index contributed by atoms with van der Waals surface area (Å²) >= 11 is 0. The van der Waals surface area contributed by atoms with Crippen molar-refractivity contribution in [1.29, 1.82) is 0 Å². The second-order valence-corrected chi connectivity index (χ2v) is 3.97. The maximum absolute atomic E-state index is 3.89. The molecule has 0 saturated carbocycles. The van der Waals surface area contributed by atoms with Crippen LogP contribution in [0.5, 0.6) is 0 Å². The minimum atomic E-state index is 0.377. The first-order chi connectivity index (χ1) is 7.85. The van der Waals surface area contributed by atoms with E-state index in [2.05, 4.69) is 55.6 Å². The van der Waals surface area contributed by atoms with E-state index in [-0.39, 0.29) is 0 Å². The molecule has 0 heteroatoms. The topological polar surface area (TPSA) is 0 Å². The molecule has 0 unspecified atom stereocenters. The summed E-state index contributed by atoms with van der Waals surface area (Å²) in [7, 11) is 0. The van der Waals surface area contributed by atoms with E-state index in [1.165, 1.54) is 16.3 Å². The highest BCUT2D eigenvalue weighted by molar-refractivity contribution is 5.83. The Kier molecular flexibility index (Phi) is 3.21. The fourth-order valence-electron chi connectivity index (χ4n) is 1.99. The maximum atomic E-state index is 3.89. The van der Waals surface area contributed by atoms with Gasteiger partial charge in [-0.1, -0.05) is 54.6 Å². The molecular formula is C16H16.